The molecule has 0 spiro atoms. The van der Waals surface area contributed by atoms with E-state index in [4.69, 9.17) is 4.74 Å². The molecule has 1 unspecified atom stereocenters. The number of carbonyl (C=O) groups is 1. The minimum absolute atomic E-state index is 0.0384. The van der Waals surface area contributed by atoms with Crippen molar-refractivity contribution < 1.29 is 14.5 Å². The number of rotatable bonds is 5. The Kier molecular flexibility index (Phi) is 5.01. The molecule has 8 heteroatoms. The highest BCUT2D eigenvalue weighted by atomic mass is 16.6. The average molecular weight is 356 g/mol. The molecule has 2 heterocycles. The number of methoxy groups -OCH3 is 1. The number of aryl methyl sites for hydroxylation is 1. The molecule has 0 aliphatic carbocycles. The van der Waals surface area contributed by atoms with Crippen LogP contribution >= 0.6 is 0 Å². The van der Waals surface area contributed by atoms with Gasteiger partial charge in [-0.1, -0.05) is 6.07 Å². The SMILES string of the molecule is COc1cccc(N2CCCC(Nc3cc(C)c([N+](=O)[O-])cn3)C2=O)c1. The van der Waals surface area contributed by atoms with Crippen LogP contribution in [0.2, 0.25) is 0 Å². The summed E-state index contributed by atoms with van der Waals surface area (Å²) in [7, 11) is 1.59. The zero-order valence-electron chi connectivity index (χ0n) is 14.6. The predicted molar refractivity (Wildman–Crippen MR) is 97.6 cm³/mol. The first-order valence-electron chi connectivity index (χ1n) is 8.32. The third-order valence-electron chi connectivity index (χ3n) is 4.41. The first kappa shape index (κ1) is 17.7. The number of amides is 1. The molecule has 1 aromatic heterocycles. The number of ether oxygens (including phenoxy) is 1. The summed E-state index contributed by atoms with van der Waals surface area (Å²) in [5.41, 5.74) is 1.25. The van der Waals surface area contributed by atoms with Crippen molar-refractivity contribution in [2.24, 2.45) is 0 Å². The fourth-order valence-corrected chi connectivity index (χ4v) is 3.04. The number of nitro groups is 1. The molecule has 8 nitrogen and oxygen atoms in total. The summed E-state index contributed by atoms with van der Waals surface area (Å²) < 4.78 is 5.23. The molecular weight excluding hydrogens is 336 g/mol. The molecule has 1 amide bonds. The number of hydrogen-bond donors (Lipinski definition) is 1. The van der Waals surface area contributed by atoms with Gasteiger partial charge in [-0.2, -0.15) is 0 Å². The molecule has 3 rings (SSSR count). The van der Waals surface area contributed by atoms with Crippen LogP contribution in [0.5, 0.6) is 5.75 Å². The number of piperidine rings is 1. The number of carbonyl (C=O) groups excluding carboxylic acids is 1. The first-order chi connectivity index (χ1) is 12.5. The number of aromatic nitrogens is 1. The zero-order chi connectivity index (χ0) is 18.7. The van der Waals surface area contributed by atoms with Crippen molar-refractivity contribution in [3.8, 4) is 5.75 Å². The second-order valence-corrected chi connectivity index (χ2v) is 6.14. The van der Waals surface area contributed by atoms with Gasteiger partial charge in [0.2, 0.25) is 5.91 Å². The van der Waals surface area contributed by atoms with E-state index in [0.717, 1.165) is 12.1 Å². The lowest BCUT2D eigenvalue weighted by atomic mass is 10.0. The van der Waals surface area contributed by atoms with Crippen LogP contribution in [0.25, 0.3) is 0 Å². The maximum atomic E-state index is 12.9. The van der Waals surface area contributed by atoms with Crippen LogP contribution in [-0.2, 0) is 4.79 Å². The minimum atomic E-state index is -0.470. The Labute approximate surface area is 150 Å². The lowest BCUT2D eigenvalue weighted by Crippen LogP contribution is -2.47. The topological polar surface area (TPSA) is 97.6 Å². The Bertz CT molecular complexity index is 840. The zero-order valence-corrected chi connectivity index (χ0v) is 14.6. The lowest BCUT2D eigenvalue weighted by molar-refractivity contribution is -0.385. The Balaban J connectivity index is 1.77. The van der Waals surface area contributed by atoms with Crippen LogP contribution in [0.1, 0.15) is 18.4 Å². The summed E-state index contributed by atoms with van der Waals surface area (Å²) in [6.07, 6.45) is 2.73. The van der Waals surface area contributed by atoms with Gasteiger partial charge in [-0.25, -0.2) is 4.98 Å². The van der Waals surface area contributed by atoms with Crippen LogP contribution in [0.3, 0.4) is 0 Å². The van der Waals surface area contributed by atoms with Gasteiger partial charge in [0, 0.05) is 23.9 Å². The Morgan fingerprint density at radius 3 is 2.88 bits per heavy atom. The molecule has 1 atom stereocenters. The van der Waals surface area contributed by atoms with E-state index in [1.54, 1.807) is 25.0 Å². The highest BCUT2D eigenvalue weighted by Crippen LogP contribution is 2.27. The predicted octanol–water partition coefficient (Wildman–Crippen LogP) is 2.91. The largest absolute Gasteiger partial charge is 0.497 e. The van der Waals surface area contributed by atoms with E-state index < -0.39 is 11.0 Å². The van der Waals surface area contributed by atoms with Crippen LogP contribution in [-0.4, -0.2) is 35.5 Å². The molecule has 1 fully saturated rings. The third kappa shape index (κ3) is 3.58. The smallest absolute Gasteiger partial charge is 0.290 e. The Hall–Kier alpha value is -3.16. The highest BCUT2D eigenvalue weighted by Gasteiger charge is 2.30. The van der Waals surface area contributed by atoms with Crippen molar-refractivity contribution in [3.63, 3.8) is 0 Å². The van der Waals surface area contributed by atoms with Crippen molar-refractivity contribution in [3.05, 3.63) is 52.2 Å². The summed E-state index contributed by atoms with van der Waals surface area (Å²) in [6.45, 7) is 2.28. The number of anilines is 2. The highest BCUT2D eigenvalue weighted by molar-refractivity contribution is 5.99. The van der Waals surface area contributed by atoms with Gasteiger partial charge in [-0.05, 0) is 38.0 Å². The number of hydrogen-bond acceptors (Lipinski definition) is 6. The molecule has 0 radical (unpaired) electrons. The summed E-state index contributed by atoms with van der Waals surface area (Å²) in [4.78, 5) is 29.1. The van der Waals surface area contributed by atoms with Crippen LogP contribution in [0, 0.1) is 17.0 Å². The van der Waals surface area contributed by atoms with E-state index in [-0.39, 0.29) is 11.6 Å². The van der Waals surface area contributed by atoms with Gasteiger partial charge in [-0.15, -0.1) is 0 Å². The molecule has 2 aromatic rings. The van der Waals surface area contributed by atoms with Gasteiger partial charge >= 0.3 is 0 Å². The molecule has 1 N–H and O–H groups in total. The standard InChI is InChI=1S/C18H20N4O4/c1-12-9-17(19-11-16(12)22(24)25)20-15-7-4-8-21(18(15)23)13-5-3-6-14(10-13)26-2/h3,5-6,9-11,15H,4,7-8H2,1-2H3,(H,19,20). The van der Waals surface area contributed by atoms with Crippen molar-refractivity contribution in [2.45, 2.75) is 25.8 Å². The number of pyridine rings is 1. The van der Waals surface area contributed by atoms with E-state index >= 15 is 0 Å². The van der Waals surface area contributed by atoms with E-state index in [1.165, 1.54) is 6.20 Å². The number of benzene rings is 1. The van der Waals surface area contributed by atoms with Crippen molar-refractivity contribution in [1.82, 2.24) is 4.98 Å². The van der Waals surface area contributed by atoms with E-state index in [9.17, 15) is 14.9 Å². The number of nitrogens with one attached hydrogen (secondary N) is 1. The lowest BCUT2D eigenvalue weighted by Gasteiger charge is -2.33. The fourth-order valence-electron chi connectivity index (χ4n) is 3.04. The van der Waals surface area contributed by atoms with Gasteiger partial charge in [0.15, 0.2) is 0 Å². The van der Waals surface area contributed by atoms with Crippen molar-refractivity contribution >= 4 is 23.1 Å². The van der Waals surface area contributed by atoms with Crippen LogP contribution in [0.4, 0.5) is 17.2 Å². The first-order valence-corrected chi connectivity index (χ1v) is 8.32. The maximum Gasteiger partial charge on any atom is 0.290 e. The molecule has 136 valence electrons. The summed E-state index contributed by atoms with van der Waals surface area (Å²) in [6, 6.07) is 8.54. The average Bonchev–Trinajstić information content (AvgIpc) is 2.63. The molecule has 26 heavy (non-hydrogen) atoms. The van der Waals surface area contributed by atoms with Gasteiger partial charge in [0.25, 0.3) is 5.69 Å². The summed E-state index contributed by atoms with van der Waals surface area (Å²) in [5.74, 6) is 1.10. The molecule has 1 aromatic carbocycles. The van der Waals surface area contributed by atoms with Gasteiger partial charge in [0.05, 0.1) is 12.0 Å². The summed E-state index contributed by atoms with van der Waals surface area (Å²) in [5, 5.41) is 14.0. The summed E-state index contributed by atoms with van der Waals surface area (Å²) >= 11 is 0. The van der Waals surface area contributed by atoms with Crippen molar-refractivity contribution in [1.29, 1.82) is 0 Å². The minimum Gasteiger partial charge on any atom is -0.497 e. The van der Waals surface area contributed by atoms with E-state index in [0.29, 0.717) is 30.1 Å². The van der Waals surface area contributed by atoms with Crippen molar-refractivity contribution in [2.75, 3.05) is 23.9 Å². The maximum absolute atomic E-state index is 12.9. The molecule has 0 saturated carbocycles. The second-order valence-electron chi connectivity index (χ2n) is 6.14. The Morgan fingerprint density at radius 1 is 1.38 bits per heavy atom. The fraction of sp³-hybridized carbons (Fsp3) is 0.333. The third-order valence-corrected chi connectivity index (χ3v) is 4.41. The van der Waals surface area contributed by atoms with Gasteiger partial charge < -0.3 is 15.0 Å². The quantitative estimate of drug-likeness (QED) is 0.653. The second kappa shape index (κ2) is 7.38. The van der Waals surface area contributed by atoms with Crippen LogP contribution in [0.15, 0.2) is 36.5 Å². The molecular formula is C18H20N4O4. The van der Waals surface area contributed by atoms with E-state index in [2.05, 4.69) is 10.3 Å². The monoisotopic (exact) mass is 356 g/mol. The number of nitrogens with zero attached hydrogens (tertiary/aromatic N) is 3. The van der Waals surface area contributed by atoms with Crippen LogP contribution < -0.4 is 15.0 Å². The van der Waals surface area contributed by atoms with Gasteiger partial charge in [-0.3, -0.25) is 14.9 Å². The molecule has 1 aliphatic heterocycles. The van der Waals surface area contributed by atoms with E-state index in [1.807, 2.05) is 24.3 Å². The Morgan fingerprint density at radius 2 is 2.19 bits per heavy atom. The molecule has 1 aliphatic rings. The molecule has 0 bridgehead atoms. The molecule has 1 saturated heterocycles. The van der Waals surface area contributed by atoms with Gasteiger partial charge in [0.1, 0.15) is 23.8 Å². The normalized spacial score (nSPS) is 17.1.